The highest BCUT2D eigenvalue weighted by Gasteiger charge is 2.28. The van der Waals surface area contributed by atoms with Crippen molar-refractivity contribution in [3.8, 4) is 0 Å². The van der Waals surface area contributed by atoms with E-state index < -0.39 is 0 Å². The van der Waals surface area contributed by atoms with Crippen LogP contribution in [0.25, 0.3) is 0 Å². The fourth-order valence-corrected chi connectivity index (χ4v) is 2.55. The lowest BCUT2D eigenvalue weighted by molar-refractivity contribution is -0.120. The van der Waals surface area contributed by atoms with Crippen molar-refractivity contribution in [1.29, 1.82) is 0 Å². The first-order valence-electron chi connectivity index (χ1n) is 7.98. The van der Waals surface area contributed by atoms with Crippen molar-refractivity contribution in [3.05, 3.63) is 29.8 Å². The number of nitrogens with one attached hydrogen (secondary N) is 1. The predicted molar refractivity (Wildman–Crippen MR) is 87.0 cm³/mol. The number of carbonyl (C=O) groups excluding carboxylic acids is 1. The molecular formula is C17H27N3O. The number of amides is 1. The molecule has 1 aromatic rings. The van der Waals surface area contributed by atoms with Crippen LogP contribution in [0.4, 0.5) is 5.69 Å². The zero-order chi connectivity index (χ0) is 15.2. The van der Waals surface area contributed by atoms with Crippen LogP contribution in [0.3, 0.4) is 0 Å². The molecular weight excluding hydrogens is 262 g/mol. The van der Waals surface area contributed by atoms with Gasteiger partial charge in [-0.05, 0) is 56.3 Å². The number of anilines is 1. The smallest absolute Gasteiger partial charge is 0.241 e. The van der Waals surface area contributed by atoms with Gasteiger partial charge in [-0.1, -0.05) is 19.1 Å². The van der Waals surface area contributed by atoms with E-state index in [1.165, 1.54) is 12.8 Å². The molecule has 0 heterocycles. The number of rotatable bonds is 8. The number of nitrogens with two attached hydrogens (primary N) is 1. The zero-order valence-corrected chi connectivity index (χ0v) is 13.1. The summed E-state index contributed by atoms with van der Waals surface area (Å²) in [6.07, 6.45) is 3.70. The molecule has 4 nitrogen and oxygen atoms in total. The summed E-state index contributed by atoms with van der Waals surface area (Å²) in [4.78, 5) is 14.8. The van der Waals surface area contributed by atoms with E-state index in [0.717, 1.165) is 36.7 Å². The average molecular weight is 289 g/mol. The molecule has 1 amide bonds. The van der Waals surface area contributed by atoms with Crippen LogP contribution < -0.4 is 11.1 Å². The lowest BCUT2D eigenvalue weighted by Gasteiger charge is -2.28. The fourth-order valence-electron chi connectivity index (χ4n) is 2.55. The third kappa shape index (κ3) is 4.83. The molecule has 0 aliphatic heterocycles. The second-order valence-electron chi connectivity index (χ2n) is 6.01. The molecule has 0 radical (unpaired) electrons. The van der Waals surface area contributed by atoms with Crippen LogP contribution in [0.2, 0.25) is 0 Å². The zero-order valence-electron chi connectivity index (χ0n) is 13.1. The number of hydrogen-bond donors (Lipinski definition) is 2. The lowest BCUT2D eigenvalue weighted by atomic mass is 10.2. The Bertz CT molecular complexity index is 471. The molecule has 3 N–H and O–H groups in total. The highest BCUT2D eigenvalue weighted by atomic mass is 16.2. The van der Waals surface area contributed by atoms with E-state index in [0.29, 0.717) is 6.54 Å². The summed E-state index contributed by atoms with van der Waals surface area (Å²) >= 11 is 0. The minimum absolute atomic E-state index is 0.0678. The molecule has 1 aliphatic carbocycles. The van der Waals surface area contributed by atoms with Crippen molar-refractivity contribution in [2.75, 3.05) is 18.4 Å². The Morgan fingerprint density at radius 2 is 2.24 bits per heavy atom. The van der Waals surface area contributed by atoms with E-state index >= 15 is 0 Å². The number of benzene rings is 1. The predicted octanol–water partition coefficient (Wildman–Crippen LogP) is 2.59. The molecule has 0 aromatic heterocycles. The van der Waals surface area contributed by atoms with Crippen LogP contribution in [0.1, 0.15) is 38.7 Å². The van der Waals surface area contributed by atoms with Gasteiger partial charge in [0.1, 0.15) is 0 Å². The molecule has 1 fully saturated rings. The van der Waals surface area contributed by atoms with Crippen molar-refractivity contribution < 1.29 is 4.79 Å². The summed E-state index contributed by atoms with van der Waals surface area (Å²) in [5.74, 6) is 0.866. The minimum atomic E-state index is -0.0907. The normalized spacial score (nSPS) is 16.0. The Kier molecular flexibility index (Phi) is 5.76. The maximum Gasteiger partial charge on any atom is 0.241 e. The number of nitrogens with zero attached hydrogens (tertiary/aromatic N) is 1. The third-order valence-corrected chi connectivity index (χ3v) is 4.06. The summed E-state index contributed by atoms with van der Waals surface area (Å²) in [6.45, 7) is 6.68. The first-order chi connectivity index (χ1) is 10.1. The molecule has 1 saturated carbocycles. The van der Waals surface area contributed by atoms with Gasteiger partial charge in [-0.15, -0.1) is 0 Å². The monoisotopic (exact) mass is 289 g/mol. The van der Waals surface area contributed by atoms with Gasteiger partial charge in [0.05, 0.1) is 6.04 Å². The molecule has 1 atom stereocenters. The number of hydrogen-bond acceptors (Lipinski definition) is 3. The molecule has 0 saturated heterocycles. The van der Waals surface area contributed by atoms with Crippen LogP contribution in [0.15, 0.2) is 24.3 Å². The largest absolute Gasteiger partial charge is 0.326 e. The third-order valence-electron chi connectivity index (χ3n) is 4.06. The molecule has 21 heavy (non-hydrogen) atoms. The van der Waals surface area contributed by atoms with E-state index in [4.69, 9.17) is 5.73 Å². The first kappa shape index (κ1) is 16.0. The molecule has 2 rings (SSSR count). The van der Waals surface area contributed by atoms with Gasteiger partial charge in [-0.2, -0.15) is 0 Å². The van der Waals surface area contributed by atoms with Crippen molar-refractivity contribution in [2.24, 2.45) is 11.7 Å². The maximum absolute atomic E-state index is 12.4. The van der Waals surface area contributed by atoms with Crippen LogP contribution in [-0.4, -0.2) is 29.9 Å². The van der Waals surface area contributed by atoms with Crippen molar-refractivity contribution >= 4 is 11.6 Å². The van der Waals surface area contributed by atoms with Crippen molar-refractivity contribution in [2.45, 2.75) is 45.7 Å². The average Bonchev–Trinajstić information content (AvgIpc) is 3.30. The van der Waals surface area contributed by atoms with E-state index in [1.807, 2.05) is 31.2 Å². The fraction of sp³-hybridized carbons (Fsp3) is 0.588. The molecule has 0 bridgehead atoms. The SMILES string of the molecule is CCCN(CC1CC1)C(C)C(=O)Nc1cccc(CN)c1. The maximum atomic E-state index is 12.4. The summed E-state index contributed by atoms with van der Waals surface area (Å²) in [5, 5.41) is 3.01. The second-order valence-corrected chi connectivity index (χ2v) is 6.01. The summed E-state index contributed by atoms with van der Waals surface area (Å²) < 4.78 is 0. The van der Waals surface area contributed by atoms with E-state index in [2.05, 4.69) is 17.1 Å². The Morgan fingerprint density at radius 1 is 1.48 bits per heavy atom. The van der Waals surface area contributed by atoms with E-state index in [1.54, 1.807) is 0 Å². The van der Waals surface area contributed by atoms with Crippen LogP contribution in [0.5, 0.6) is 0 Å². The van der Waals surface area contributed by atoms with Gasteiger partial charge in [0.15, 0.2) is 0 Å². The summed E-state index contributed by atoms with van der Waals surface area (Å²) in [7, 11) is 0. The van der Waals surface area contributed by atoms with Crippen LogP contribution in [0, 0.1) is 5.92 Å². The Morgan fingerprint density at radius 3 is 2.86 bits per heavy atom. The standard InChI is InChI=1S/C17H27N3O/c1-3-9-20(12-14-7-8-14)13(2)17(21)19-16-6-4-5-15(10-16)11-18/h4-6,10,13-14H,3,7-9,11-12,18H2,1-2H3,(H,19,21). The van der Waals surface area contributed by atoms with Gasteiger partial charge >= 0.3 is 0 Å². The molecule has 4 heteroatoms. The quantitative estimate of drug-likeness (QED) is 0.773. The molecule has 1 unspecified atom stereocenters. The number of carbonyl (C=O) groups is 1. The second kappa shape index (κ2) is 7.57. The van der Waals surface area contributed by atoms with Gasteiger partial charge in [0.2, 0.25) is 5.91 Å². The highest BCUT2D eigenvalue weighted by Crippen LogP contribution is 2.30. The van der Waals surface area contributed by atoms with E-state index in [-0.39, 0.29) is 11.9 Å². The van der Waals surface area contributed by atoms with Gasteiger partial charge in [0.25, 0.3) is 0 Å². The van der Waals surface area contributed by atoms with Crippen LogP contribution >= 0.6 is 0 Å². The lowest BCUT2D eigenvalue weighted by Crippen LogP contribution is -2.43. The molecule has 116 valence electrons. The molecule has 0 spiro atoms. The Labute approximate surface area is 127 Å². The van der Waals surface area contributed by atoms with Crippen molar-refractivity contribution in [1.82, 2.24) is 4.90 Å². The summed E-state index contributed by atoms with van der Waals surface area (Å²) in [5.41, 5.74) is 7.50. The van der Waals surface area contributed by atoms with Crippen LogP contribution in [-0.2, 0) is 11.3 Å². The van der Waals surface area contributed by atoms with Gasteiger partial charge < -0.3 is 11.1 Å². The van der Waals surface area contributed by atoms with Gasteiger partial charge in [-0.25, -0.2) is 0 Å². The topological polar surface area (TPSA) is 58.4 Å². The summed E-state index contributed by atoms with van der Waals surface area (Å²) in [6, 6.07) is 7.66. The van der Waals surface area contributed by atoms with Gasteiger partial charge in [0, 0.05) is 18.8 Å². The molecule has 1 aromatic carbocycles. The van der Waals surface area contributed by atoms with E-state index in [9.17, 15) is 4.79 Å². The Balaban J connectivity index is 1.95. The van der Waals surface area contributed by atoms with Crippen molar-refractivity contribution in [3.63, 3.8) is 0 Å². The van der Waals surface area contributed by atoms with Gasteiger partial charge in [-0.3, -0.25) is 9.69 Å². The highest BCUT2D eigenvalue weighted by molar-refractivity contribution is 5.94. The Hall–Kier alpha value is -1.39. The molecule has 1 aliphatic rings. The minimum Gasteiger partial charge on any atom is -0.326 e. The first-order valence-corrected chi connectivity index (χ1v) is 7.98.